The second-order valence-corrected chi connectivity index (χ2v) is 5.22. The SMILES string of the molecule is COc1nc(NN)nc(NC(C)C(=O)NC(C)(C)C)n1. The molecule has 0 aliphatic heterocycles. The summed E-state index contributed by atoms with van der Waals surface area (Å²) >= 11 is 0. The Hall–Kier alpha value is -2.16. The second kappa shape index (κ2) is 6.33. The van der Waals surface area contributed by atoms with Crippen molar-refractivity contribution in [3.05, 3.63) is 0 Å². The highest BCUT2D eigenvalue weighted by molar-refractivity contribution is 5.84. The summed E-state index contributed by atoms with van der Waals surface area (Å²) in [4.78, 5) is 23.8. The molecule has 112 valence electrons. The van der Waals surface area contributed by atoms with Crippen LogP contribution in [-0.4, -0.2) is 39.5 Å². The minimum absolute atomic E-state index is 0.0962. The molecule has 5 N–H and O–H groups in total. The second-order valence-electron chi connectivity index (χ2n) is 5.22. The molecule has 0 spiro atoms. The molecule has 0 radical (unpaired) electrons. The number of methoxy groups -OCH3 is 1. The first-order valence-corrected chi connectivity index (χ1v) is 6.10. The fourth-order valence-electron chi connectivity index (χ4n) is 1.31. The number of nitrogen functional groups attached to an aromatic ring is 1. The number of hydrazine groups is 1. The largest absolute Gasteiger partial charge is 0.467 e. The Labute approximate surface area is 117 Å². The molecule has 1 aromatic rings. The van der Waals surface area contributed by atoms with Crippen LogP contribution in [0.5, 0.6) is 6.01 Å². The molecule has 0 aromatic carbocycles. The molecule has 1 amide bonds. The van der Waals surface area contributed by atoms with Crippen molar-refractivity contribution in [2.24, 2.45) is 5.84 Å². The lowest BCUT2D eigenvalue weighted by Gasteiger charge is -2.23. The molecule has 1 unspecified atom stereocenters. The topological polar surface area (TPSA) is 127 Å². The van der Waals surface area contributed by atoms with Crippen molar-refractivity contribution in [3.63, 3.8) is 0 Å². The van der Waals surface area contributed by atoms with E-state index in [0.29, 0.717) is 0 Å². The van der Waals surface area contributed by atoms with E-state index in [1.807, 2.05) is 20.8 Å². The molecule has 9 heteroatoms. The molecule has 0 aliphatic carbocycles. The highest BCUT2D eigenvalue weighted by Crippen LogP contribution is 2.11. The van der Waals surface area contributed by atoms with Crippen molar-refractivity contribution in [2.75, 3.05) is 17.9 Å². The summed E-state index contributed by atoms with van der Waals surface area (Å²) in [5.74, 6) is 5.42. The predicted octanol–water partition coefficient (Wildman–Crippen LogP) is -0.119. The number of carbonyl (C=O) groups is 1. The number of hydrogen-bond donors (Lipinski definition) is 4. The monoisotopic (exact) mass is 283 g/mol. The van der Waals surface area contributed by atoms with E-state index in [2.05, 4.69) is 31.0 Å². The van der Waals surface area contributed by atoms with Crippen LogP contribution in [0.2, 0.25) is 0 Å². The van der Waals surface area contributed by atoms with Crippen LogP contribution in [0.4, 0.5) is 11.9 Å². The van der Waals surface area contributed by atoms with Crippen LogP contribution in [0, 0.1) is 0 Å². The minimum atomic E-state index is -0.521. The normalized spacial score (nSPS) is 12.5. The molecule has 20 heavy (non-hydrogen) atoms. The zero-order valence-electron chi connectivity index (χ0n) is 12.3. The minimum Gasteiger partial charge on any atom is -0.467 e. The summed E-state index contributed by atoms with van der Waals surface area (Å²) in [6, 6.07) is -0.425. The molecule has 1 rings (SSSR count). The van der Waals surface area contributed by atoms with Gasteiger partial charge in [0.1, 0.15) is 6.04 Å². The number of carbonyl (C=O) groups excluding carboxylic acids is 1. The van der Waals surface area contributed by atoms with Gasteiger partial charge in [0.25, 0.3) is 0 Å². The van der Waals surface area contributed by atoms with Gasteiger partial charge in [-0.25, -0.2) is 5.84 Å². The average molecular weight is 283 g/mol. The van der Waals surface area contributed by atoms with Gasteiger partial charge in [0.2, 0.25) is 17.8 Å². The first-order chi connectivity index (χ1) is 9.25. The Morgan fingerprint density at radius 2 is 1.85 bits per heavy atom. The smallest absolute Gasteiger partial charge is 0.322 e. The van der Waals surface area contributed by atoms with Crippen molar-refractivity contribution in [2.45, 2.75) is 39.3 Å². The number of rotatable bonds is 5. The number of nitrogens with one attached hydrogen (secondary N) is 3. The van der Waals surface area contributed by atoms with Gasteiger partial charge in [0.15, 0.2) is 0 Å². The first kappa shape index (κ1) is 15.9. The molecule has 1 atom stereocenters. The van der Waals surface area contributed by atoms with Crippen LogP contribution in [0.3, 0.4) is 0 Å². The van der Waals surface area contributed by atoms with E-state index in [1.54, 1.807) is 6.92 Å². The Morgan fingerprint density at radius 3 is 2.35 bits per heavy atom. The molecule has 0 saturated heterocycles. The number of hydrogen-bond acceptors (Lipinski definition) is 8. The fourth-order valence-corrected chi connectivity index (χ4v) is 1.31. The Morgan fingerprint density at radius 1 is 1.25 bits per heavy atom. The summed E-state index contributed by atoms with van der Waals surface area (Å²) in [5, 5.41) is 5.72. The maximum absolute atomic E-state index is 12.0. The summed E-state index contributed by atoms with van der Waals surface area (Å²) in [6.45, 7) is 7.41. The molecule has 1 heterocycles. The number of anilines is 2. The van der Waals surface area contributed by atoms with Crippen LogP contribution >= 0.6 is 0 Å². The number of nitrogens with two attached hydrogens (primary N) is 1. The summed E-state index contributed by atoms with van der Waals surface area (Å²) in [5.41, 5.74) is 1.99. The van der Waals surface area contributed by atoms with Crippen LogP contribution < -0.4 is 26.6 Å². The van der Waals surface area contributed by atoms with Gasteiger partial charge in [-0.15, -0.1) is 0 Å². The van der Waals surface area contributed by atoms with E-state index in [0.717, 1.165) is 0 Å². The number of nitrogens with zero attached hydrogens (tertiary/aromatic N) is 3. The molecule has 0 saturated carbocycles. The molecule has 1 aromatic heterocycles. The standard InChI is InChI=1S/C11H21N7O2/c1-6(7(19)17-11(2,3)4)13-8-14-9(18-12)16-10(15-8)20-5/h6H,12H2,1-5H3,(H,17,19)(H2,13,14,15,16,18). The lowest BCUT2D eigenvalue weighted by Crippen LogP contribution is -2.47. The van der Waals surface area contributed by atoms with Gasteiger partial charge >= 0.3 is 6.01 Å². The van der Waals surface area contributed by atoms with Gasteiger partial charge < -0.3 is 15.4 Å². The van der Waals surface area contributed by atoms with Gasteiger partial charge in [-0.05, 0) is 27.7 Å². The fraction of sp³-hybridized carbons (Fsp3) is 0.636. The number of amides is 1. The quantitative estimate of drug-likeness (QED) is 0.435. The van der Waals surface area contributed by atoms with Crippen molar-refractivity contribution >= 4 is 17.8 Å². The molecular weight excluding hydrogens is 262 g/mol. The van der Waals surface area contributed by atoms with Crippen molar-refractivity contribution < 1.29 is 9.53 Å². The Kier molecular flexibility index (Phi) is 5.03. The highest BCUT2D eigenvalue weighted by atomic mass is 16.5. The molecule has 9 nitrogen and oxygen atoms in total. The molecule has 0 aliphatic rings. The zero-order valence-corrected chi connectivity index (χ0v) is 12.3. The van der Waals surface area contributed by atoms with Crippen molar-refractivity contribution in [3.8, 4) is 6.01 Å². The van der Waals surface area contributed by atoms with E-state index >= 15 is 0 Å². The average Bonchev–Trinajstić information content (AvgIpc) is 2.36. The van der Waals surface area contributed by atoms with E-state index in [4.69, 9.17) is 10.6 Å². The Balaban J connectivity index is 2.79. The van der Waals surface area contributed by atoms with Crippen LogP contribution in [0.25, 0.3) is 0 Å². The number of aromatic nitrogens is 3. The van der Waals surface area contributed by atoms with Crippen molar-refractivity contribution in [1.29, 1.82) is 0 Å². The van der Waals surface area contributed by atoms with E-state index in [9.17, 15) is 4.79 Å². The van der Waals surface area contributed by atoms with Gasteiger partial charge in [0.05, 0.1) is 7.11 Å². The lowest BCUT2D eigenvalue weighted by atomic mass is 10.1. The first-order valence-electron chi connectivity index (χ1n) is 6.10. The third-order valence-electron chi connectivity index (χ3n) is 2.16. The summed E-state index contributed by atoms with van der Waals surface area (Å²) in [6.07, 6.45) is 0. The third-order valence-corrected chi connectivity index (χ3v) is 2.16. The van der Waals surface area contributed by atoms with Gasteiger partial charge in [-0.3, -0.25) is 10.2 Å². The maximum atomic E-state index is 12.0. The number of ether oxygens (including phenoxy) is 1. The Bertz CT molecular complexity index is 450. The lowest BCUT2D eigenvalue weighted by molar-refractivity contribution is -0.122. The zero-order chi connectivity index (χ0) is 15.3. The van der Waals surface area contributed by atoms with Crippen LogP contribution in [0.15, 0.2) is 0 Å². The van der Waals surface area contributed by atoms with Crippen molar-refractivity contribution in [1.82, 2.24) is 20.3 Å². The van der Waals surface area contributed by atoms with Crippen LogP contribution in [0.1, 0.15) is 27.7 Å². The third kappa shape index (κ3) is 4.84. The van der Waals surface area contributed by atoms with Gasteiger partial charge in [0, 0.05) is 5.54 Å². The van der Waals surface area contributed by atoms with E-state index in [-0.39, 0.29) is 29.4 Å². The highest BCUT2D eigenvalue weighted by Gasteiger charge is 2.20. The summed E-state index contributed by atoms with van der Waals surface area (Å²) < 4.78 is 4.92. The predicted molar refractivity (Wildman–Crippen MR) is 75.2 cm³/mol. The molecular formula is C11H21N7O2. The summed E-state index contributed by atoms with van der Waals surface area (Å²) in [7, 11) is 1.43. The van der Waals surface area contributed by atoms with Crippen LogP contribution in [-0.2, 0) is 4.79 Å². The van der Waals surface area contributed by atoms with E-state index in [1.165, 1.54) is 7.11 Å². The molecule has 0 fully saturated rings. The van der Waals surface area contributed by atoms with Gasteiger partial charge in [-0.2, -0.15) is 15.0 Å². The van der Waals surface area contributed by atoms with Gasteiger partial charge in [-0.1, -0.05) is 0 Å². The molecule has 0 bridgehead atoms. The van der Waals surface area contributed by atoms with E-state index < -0.39 is 6.04 Å². The maximum Gasteiger partial charge on any atom is 0.322 e.